The van der Waals surface area contributed by atoms with Crippen LogP contribution in [0.5, 0.6) is 5.75 Å². The van der Waals surface area contributed by atoms with Crippen molar-refractivity contribution < 1.29 is 18.3 Å². The number of anilines is 2. The maximum Gasteiger partial charge on any atom is 0.254 e. The van der Waals surface area contributed by atoms with Gasteiger partial charge in [0, 0.05) is 43.9 Å². The molecule has 9 nitrogen and oxygen atoms in total. The van der Waals surface area contributed by atoms with Crippen LogP contribution in [0.15, 0.2) is 49.1 Å². The van der Waals surface area contributed by atoms with E-state index in [1.54, 1.807) is 18.6 Å². The number of hydrogen-bond donors (Lipinski definition) is 2. The highest BCUT2D eigenvalue weighted by atomic mass is 19.3. The molecule has 1 fully saturated rings. The number of ether oxygens (including phenoxy) is 1. The summed E-state index contributed by atoms with van der Waals surface area (Å²) in [6, 6.07) is 7.54. The zero-order valence-corrected chi connectivity index (χ0v) is 22.5. The summed E-state index contributed by atoms with van der Waals surface area (Å²) in [5.41, 5.74) is 5.38. The minimum Gasteiger partial charge on any atom is -0.491 e. The Morgan fingerprint density at radius 1 is 1.18 bits per heavy atom. The van der Waals surface area contributed by atoms with Gasteiger partial charge in [-0.2, -0.15) is 0 Å². The molecule has 0 atom stereocenters. The van der Waals surface area contributed by atoms with E-state index in [4.69, 9.17) is 9.72 Å². The molecule has 40 heavy (non-hydrogen) atoms. The quantitative estimate of drug-likeness (QED) is 0.319. The molecule has 1 saturated carbocycles. The van der Waals surface area contributed by atoms with Crippen molar-refractivity contribution in [2.24, 2.45) is 5.92 Å². The zero-order chi connectivity index (χ0) is 27.9. The van der Waals surface area contributed by atoms with E-state index < -0.39 is 5.92 Å². The number of pyridine rings is 1. The summed E-state index contributed by atoms with van der Waals surface area (Å²) >= 11 is 0. The Bertz CT molecular complexity index is 1560. The van der Waals surface area contributed by atoms with E-state index in [2.05, 4.69) is 20.6 Å². The van der Waals surface area contributed by atoms with Crippen LogP contribution in [0.25, 0.3) is 16.9 Å². The fourth-order valence-corrected chi connectivity index (χ4v) is 5.45. The molecule has 1 amide bonds. The molecule has 1 aromatic carbocycles. The molecule has 3 aromatic heterocycles. The average Bonchev–Trinajstić information content (AvgIpc) is 3.53. The van der Waals surface area contributed by atoms with Crippen molar-refractivity contribution in [2.45, 2.75) is 44.7 Å². The highest BCUT2D eigenvalue weighted by Crippen LogP contribution is 2.37. The van der Waals surface area contributed by atoms with Gasteiger partial charge in [0.15, 0.2) is 5.65 Å². The van der Waals surface area contributed by atoms with E-state index in [1.165, 1.54) is 0 Å². The molecule has 0 unspecified atom stereocenters. The first kappa shape index (κ1) is 26.1. The van der Waals surface area contributed by atoms with Crippen LogP contribution in [0.2, 0.25) is 0 Å². The number of rotatable bonds is 8. The molecular formula is C29H31F2N7O2. The smallest absolute Gasteiger partial charge is 0.254 e. The second kappa shape index (κ2) is 10.5. The van der Waals surface area contributed by atoms with Crippen molar-refractivity contribution in [3.8, 4) is 17.0 Å². The molecule has 2 N–H and O–H groups in total. The summed E-state index contributed by atoms with van der Waals surface area (Å²) in [6.07, 6.45) is 7.78. The number of carbonyl (C=O) groups excluding carboxylic acids is 1. The zero-order valence-electron chi connectivity index (χ0n) is 22.5. The number of hydrogen-bond acceptors (Lipinski definition) is 7. The van der Waals surface area contributed by atoms with Gasteiger partial charge in [0.2, 0.25) is 5.92 Å². The second-order valence-electron chi connectivity index (χ2n) is 10.8. The Kier molecular flexibility index (Phi) is 6.83. The number of halogens is 2. The van der Waals surface area contributed by atoms with Gasteiger partial charge in [0.1, 0.15) is 11.6 Å². The number of fused-ring (bicyclic) bond motifs is 2. The van der Waals surface area contributed by atoms with Gasteiger partial charge < -0.3 is 20.3 Å². The number of carbonyl (C=O) groups is 1. The third-order valence-electron chi connectivity index (χ3n) is 7.53. The Morgan fingerprint density at radius 3 is 2.80 bits per heavy atom. The van der Waals surface area contributed by atoms with Crippen molar-refractivity contribution in [2.75, 3.05) is 26.0 Å². The normalized spacial score (nSPS) is 16.8. The van der Waals surface area contributed by atoms with Gasteiger partial charge in [0.05, 0.1) is 41.6 Å². The highest BCUT2D eigenvalue weighted by molar-refractivity contribution is 6.06. The Labute approximate surface area is 230 Å². The summed E-state index contributed by atoms with van der Waals surface area (Å²) in [4.78, 5) is 28.3. The molecule has 0 saturated heterocycles. The summed E-state index contributed by atoms with van der Waals surface area (Å²) < 4.78 is 35.1. The fourth-order valence-electron chi connectivity index (χ4n) is 5.45. The number of imidazole rings is 1. The molecule has 11 heteroatoms. The van der Waals surface area contributed by atoms with Gasteiger partial charge in [-0.15, -0.1) is 0 Å². The summed E-state index contributed by atoms with van der Waals surface area (Å²) in [7, 11) is 3.89. The number of amides is 1. The maximum atomic E-state index is 13.5. The van der Waals surface area contributed by atoms with Crippen LogP contribution >= 0.6 is 0 Å². The number of nitrogens with one attached hydrogen (secondary N) is 2. The van der Waals surface area contributed by atoms with Crippen molar-refractivity contribution in [3.63, 3.8) is 0 Å². The number of nitrogens with zero attached hydrogens (tertiary/aromatic N) is 5. The largest absolute Gasteiger partial charge is 0.491 e. The molecule has 4 aromatic rings. The van der Waals surface area contributed by atoms with Crippen LogP contribution < -0.4 is 15.4 Å². The lowest BCUT2D eigenvalue weighted by Gasteiger charge is -2.28. The molecule has 0 bridgehead atoms. The fraction of sp³-hybridized carbons (Fsp3) is 0.379. The Hall–Kier alpha value is -4.12. The van der Waals surface area contributed by atoms with Crippen LogP contribution in [0, 0.1) is 5.92 Å². The first-order valence-electron chi connectivity index (χ1n) is 13.4. The first-order chi connectivity index (χ1) is 19.3. The van der Waals surface area contributed by atoms with E-state index >= 15 is 0 Å². The van der Waals surface area contributed by atoms with Gasteiger partial charge in [0.25, 0.3) is 5.91 Å². The summed E-state index contributed by atoms with van der Waals surface area (Å²) in [6.45, 7) is 1.34. The third-order valence-corrected chi connectivity index (χ3v) is 7.53. The van der Waals surface area contributed by atoms with Crippen LogP contribution in [0.1, 0.15) is 47.3 Å². The number of aromatic nitrogens is 4. The molecule has 2 aliphatic rings. The molecule has 4 heterocycles. The predicted molar refractivity (Wildman–Crippen MR) is 147 cm³/mol. The molecule has 1 aliphatic carbocycles. The molecule has 0 radical (unpaired) electrons. The van der Waals surface area contributed by atoms with E-state index in [9.17, 15) is 13.6 Å². The highest BCUT2D eigenvalue weighted by Gasteiger charge is 2.35. The topological polar surface area (TPSA) is 96.7 Å². The predicted octanol–water partition coefficient (Wildman–Crippen LogP) is 5.04. The lowest BCUT2D eigenvalue weighted by molar-refractivity contribution is -0.0499. The summed E-state index contributed by atoms with van der Waals surface area (Å²) in [5, 5.41) is 6.28. The third kappa shape index (κ3) is 5.21. The average molecular weight is 548 g/mol. The van der Waals surface area contributed by atoms with Crippen molar-refractivity contribution in [3.05, 3.63) is 65.9 Å². The van der Waals surface area contributed by atoms with E-state index in [0.29, 0.717) is 55.4 Å². The van der Waals surface area contributed by atoms with Crippen LogP contribution in [0.4, 0.5) is 20.3 Å². The number of alkyl halides is 2. The standard InChI is InChI=1S/C29H31F2N7O2/c1-37(2)16-22-24(40-17-18-7-9-29(30,31)10-8-18)5-6-25(36-22)35-21-4-3-19(20-13-34-28(39)27(20)21)23-14-33-26-15-32-11-12-38(23)26/h3-6,11-12,14-15,18H,7-10,13,16-17H2,1-2H3,(H,34,39)(H,35,36). The maximum absolute atomic E-state index is 13.5. The van der Waals surface area contributed by atoms with Gasteiger partial charge in [-0.25, -0.2) is 18.7 Å². The van der Waals surface area contributed by atoms with E-state index in [0.717, 1.165) is 28.2 Å². The second-order valence-corrected chi connectivity index (χ2v) is 10.8. The monoisotopic (exact) mass is 547 g/mol. The minimum atomic E-state index is -2.55. The van der Waals surface area contributed by atoms with E-state index in [-0.39, 0.29) is 24.7 Å². The van der Waals surface area contributed by atoms with Gasteiger partial charge in [-0.1, -0.05) is 6.07 Å². The molecule has 1 aliphatic heterocycles. The van der Waals surface area contributed by atoms with Gasteiger partial charge >= 0.3 is 0 Å². The lowest BCUT2D eigenvalue weighted by atomic mass is 9.87. The lowest BCUT2D eigenvalue weighted by Crippen LogP contribution is -2.27. The first-order valence-corrected chi connectivity index (χ1v) is 13.4. The SMILES string of the molecule is CN(C)Cc1nc(Nc2ccc(-c3cnc4cnccn34)c3c2C(=O)NC3)ccc1OCC1CCC(F)(F)CC1. The molecule has 208 valence electrons. The van der Waals surface area contributed by atoms with Crippen LogP contribution in [-0.4, -0.2) is 56.8 Å². The Balaban J connectivity index is 1.26. The van der Waals surface area contributed by atoms with Gasteiger partial charge in [-0.05, 0) is 56.6 Å². The number of benzene rings is 1. The van der Waals surface area contributed by atoms with Crippen molar-refractivity contribution >= 4 is 23.1 Å². The summed E-state index contributed by atoms with van der Waals surface area (Å²) in [5.74, 6) is -1.38. The van der Waals surface area contributed by atoms with Gasteiger partial charge in [-0.3, -0.25) is 14.2 Å². The van der Waals surface area contributed by atoms with Crippen molar-refractivity contribution in [1.29, 1.82) is 0 Å². The molecule has 0 spiro atoms. The van der Waals surface area contributed by atoms with Crippen LogP contribution in [0.3, 0.4) is 0 Å². The van der Waals surface area contributed by atoms with Crippen molar-refractivity contribution in [1.82, 2.24) is 29.6 Å². The molecule has 6 rings (SSSR count). The molecular weight excluding hydrogens is 516 g/mol. The minimum absolute atomic E-state index is 0.0855. The van der Waals surface area contributed by atoms with E-state index in [1.807, 2.05) is 53.9 Å². The van der Waals surface area contributed by atoms with Crippen LogP contribution in [-0.2, 0) is 13.1 Å². The Morgan fingerprint density at radius 2 is 2.00 bits per heavy atom.